The second kappa shape index (κ2) is 12.4. The van der Waals surface area contributed by atoms with Crippen LogP contribution in [0.5, 0.6) is 0 Å². The summed E-state index contributed by atoms with van der Waals surface area (Å²) < 4.78 is 12.4. The molecule has 3 heterocycles. The predicted molar refractivity (Wildman–Crippen MR) is 137 cm³/mol. The lowest BCUT2D eigenvalue weighted by Gasteiger charge is -2.36. The van der Waals surface area contributed by atoms with Crippen LogP contribution in [0.3, 0.4) is 0 Å². The molecule has 3 rings (SSSR count). The van der Waals surface area contributed by atoms with E-state index in [9.17, 15) is 19.5 Å². The van der Waals surface area contributed by atoms with Gasteiger partial charge in [0, 0.05) is 19.6 Å². The van der Waals surface area contributed by atoms with Gasteiger partial charge in [-0.1, -0.05) is 38.8 Å². The van der Waals surface area contributed by atoms with Crippen molar-refractivity contribution in [2.45, 2.75) is 88.9 Å². The number of amides is 2. The summed E-state index contributed by atoms with van der Waals surface area (Å²) in [6.45, 7) is 12.6. The molecule has 3 aliphatic rings. The summed E-state index contributed by atoms with van der Waals surface area (Å²) in [6, 6.07) is -0.873. The Bertz CT molecular complexity index is 831. The van der Waals surface area contributed by atoms with Gasteiger partial charge < -0.3 is 24.4 Å². The van der Waals surface area contributed by atoms with Crippen molar-refractivity contribution in [3.05, 3.63) is 25.3 Å². The number of carbonyl (C=O) groups excluding carboxylic acids is 3. The number of β-amino-alcohol motifs (C(OH)–C–C–N with tert-alkyl or cyclic N) is 1. The number of hydrogen-bond donors (Lipinski definition) is 1. The van der Waals surface area contributed by atoms with E-state index in [0.717, 1.165) is 38.5 Å². The zero-order chi connectivity index (χ0) is 26.3. The molecule has 5 atom stereocenters. The van der Waals surface area contributed by atoms with E-state index in [1.165, 1.54) is 4.90 Å². The fourth-order valence-electron chi connectivity index (χ4n) is 6.53. The molecule has 0 aliphatic carbocycles. The fraction of sp³-hybridized carbons (Fsp3) is 0.750. The largest absolute Gasteiger partial charge is 0.465 e. The molecule has 0 aromatic carbocycles. The summed E-state index contributed by atoms with van der Waals surface area (Å²) in [6.07, 6.45) is 10.5. The molecule has 0 saturated carbocycles. The lowest BCUT2D eigenvalue weighted by atomic mass is 9.65. The van der Waals surface area contributed by atoms with Gasteiger partial charge in [-0.05, 0) is 44.9 Å². The first-order valence-electron chi connectivity index (χ1n) is 13.7. The molecule has 2 bridgehead atoms. The van der Waals surface area contributed by atoms with E-state index in [2.05, 4.69) is 20.1 Å². The van der Waals surface area contributed by atoms with E-state index in [1.54, 1.807) is 11.0 Å². The van der Waals surface area contributed by atoms with E-state index in [1.807, 2.05) is 13.0 Å². The maximum atomic E-state index is 14.0. The average Bonchev–Trinajstić information content (AvgIpc) is 3.47. The van der Waals surface area contributed by atoms with Gasteiger partial charge in [-0.3, -0.25) is 14.4 Å². The number of nitrogens with zero attached hydrogens (tertiary/aromatic N) is 2. The van der Waals surface area contributed by atoms with Crippen LogP contribution in [-0.2, 0) is 23.9 Å². The predicted octanol–water partition coefficient (Wildman–Crippen LogP) is 3.24. The molecule has 3 saturated heterocycles. The van der Waals surface area contributed by atoms with Crippen molar-refractivity contribution in [2.75, 3.05) is 32.8 Å². The molecule has 2 unspecified atom stereocenters. The quantitative estimate of drug-likeness (QED) is 0.197. The smallest absolute Gasteiger partial charge is 0.312 e. The van der Waals surface area contributed by atoms with Crippen molar-refractivity contribution >= 4 is 17.8 Å². The molecule has 0 radical (unpaired) electrons. The first-order valence-corrected chi connectivity index (χ1v) is 13.7. The van der Waals surface area contributed by atoms with Gasteiger partial charge in [0.25, 0.3) is 0 Å². The van der Waals surface area contributed by atoms with Gasteiger partial charge in [0.1, 0.15) is 17.6 Å². The summed E-state index contributed by atoms with van der Waals surface area (Å²) in [5, 5.41) is 9.77. The molecule has 3 aliphatic heterocycles. The molecular weight excluding hydrogens is 460 g/mol. The second-order valence-electron chi connectivity index (χ2n) is 10.3. The number of allylic oxidation sites excluding steroid dienone is 1. The minimum absolute atomic E-state index is 0.0240. The summed E-state index contributed by atoms with van der Waals surface area (Å²) in [5.41, 5.74) is -1.90. The van der Waals surface area contributed by atoms with E-state index in [0.29, 0.717) is 32.4 Å². The molecule has 1 spiro atoms. The van der Waals surface area contributed by atoms with Gasteiger partial charge in [0.15, 0.2) is 0 Å². The highest BCUT2D eigenvalue weighted by Gasteiger charge is 2.79. The number of aliphatic hydroxyl groups excluding tert-OH is 1. The molecule has 8 nitrogen and oxygen atoms in total. The van der Waals surface area contributed by atoms with Crippen LogP contribution in [0.4, 0.5) is 0 Å². The van der Waals surface area contributed by atoms with Gasteiger partial charge in [0.2, 0.25) is 11.8 Å². The highest BCUT2D eigenvalue weighted by molar-refractivity contribution is 5.98. The first kappa shape index (κ1) is 28.4. The zero-order valence-corrected chi connectivity index (χ0v) is 22.1. The Morgan fingerprint density at radius 1 is 1.19 bits per heavy atom. The lowest BCUT2D eigenvalue weighted by molar-refractivity contribution is -0.162. The van der Waals surface area contributed by atoms with Crippen LogP contribution in [0, 0.1) is 11.8 Å². The van der Waals surface area contributed by atoms with Gasteiger partial charge >= 0.3 is 5.97 Å². The van der Waals surface area contributed by atoms with E-state index in [4.69, 9.17) is 9.47 Å². The fourth-order valence-corrected chi connectivity index (χ4v) is 6.53. The second-order valence-corrected chi connectivity index (χ2v) is 10.3. The number of ether oxygens (including phenoxy) is 2. The Morgan fingerprint density at radius 2 is 1.97 bits per heavy atom. The molecule has 202 valence electrons. The van der Waals surface area contributed by atoms with Crippen molar-refractivity contribution in [3.8, 4) is 0 Å². The number of hydrogen-bond acceptors (Lipinski definition) is 6. The van der Waals surface area contributed by atoms with Crippen molar-refractivity contribution in [2.24, 2.45) is 11.8 Å². The number of esters is 1. The molecule has 1 N–H and O–H groups in total. The van der Waals surface area contributed by atoms with Gasteiger partial charge in [-0.15, -0.1) is 13.2 Å². The van der Waals surface area contributed by atoms with Crippen molar-refractivity contribution in [3.63, 3.8) is 0 Å². The molecule has 0 aromatic rings. The van der Waals surface area contributed by atoms with E-state index < -0.39 is 35.0 Å². The highest BCUT2D eigenvalue weighted by atomic mass is 16.6. The standard InChI is InChI=1S/C28H44N2O6/c1-5-9-11-13-20-35-26(34)22-21-24(32)30(18-19-31)23(28(21)15-14-27(22,8-4)36-28)25(33)29(16-7-3)17-12-10-6-2/h5,7,21-23,31H,1,3,6,8-20H2,2,4H3/t21-,22-,23?,27+,28?/m0/s1. The third kappa shape index (κ3) is 4.99. The summed E-state index contributed by atoms with van der Waals surface area (Å²) >= 11 is 0. The lowest BCUT2D eigenvalue weighted by Crippen LogP contribution is -2.56. The average molecular weight is 505 g/mol. The van der Waals surface area contributed by atoms with Crippen molar-refractivity contribution < 1.29 is 29.0 Å². The summed E-state index contributed by atoms with van der Waals surface area (Å²) in [5.74, 6) is -2.44. The minimum atomic E-state index is -1.09. The Kier molecular flexibility index (Phi) is 9.75. The maximum Gasteiger partial charge on any atom is 0.312 e. The van der Waals surface area contributed by atoms with Crippen LogP contribution < -0.4 is 0 Å². The Morgan fingerprint density at radius 3 is 2.61 bits per heavy atom. The van der Waals surface area contributed by atoms with E-state index >= 15 is 0 Å². The number of likely N-dealkylation sites (tertiary alicyclic amines) is 1. The normalized spacial score (nSPS) is 30.4. The van der Waals surface area contributed by atoms with Gasteiger partial charge in [-0.25, -0.2) is 0 Å². The molecule has 0 aromatic heterocycles. The molecule has 2 amide bonds. The van der Waals surface area contributed by atoms with Crippen molar-refractivity contribution in [1.82, 2.24) is 9.80 Å². The van der Waals surface area contributed by atoms with Gasteiger partial charge in [-0.2, -0.15) is 0 Å². The Hall–Kier alpha value is -2.19. The summed E-state index contributed by atoms with van der Waals surface area (Å²) in [7, 11) is 0. The van der Waals surface area contributed by atoms with Crippen LogP contribution >= 0.6 is 0 Å². The van der Waals surface area contributed by atoms with Crippen LogP contribution in [0.1, 0.15) is 71.6 Å². The Balaban J connectivity index is 1.92. The van der Waals surface area contributed by atoms with Crippen LogP contribution in [0.2, 0.25) is 0 Å². The number of carbonyl (C=O) groups is 3. The summed E-state index contributed by atoms with van der Waals surface area (Å²) in [4.78, 5) is 44.5. The topological polar surface area (TPSA) is 96.4 Å². The van der Waals surface area contributed by atoms with Gasteiger partial charge in [0.05, 0.1) is 24.7 Å². The minimum Gasteiger partial charge on any atom is -0.465 e. The number of rotatable bonds is 16. The number of aliphatic hydroxyl groups is 1. The SMILES string of the molecule is C=CCCCCOC(=O)[C@@H]1[C@H]2C(=O)N(CCO)C(C(=O)N(CC=C)CCCCC)C23CC[C@@]1(CC)O3. The van der Waals surface area contributed by atoms with Crippen LogP contribution in [0.25, 0.3) is 0 Å². The molecular formula is C28H44N2O6. The van der Waals surface area contributed by atoms with E-state index in [-0.39, 0.29) is 31.6 Å². The van der Waals surface area contributed by atoms with Crippen LogP contribution in [-0.4, -0.2) is 82.8 Å². The molecule has 36 heavy (non-hydrogen) atoms. The molecule has 8 heteroatoms. The Labute approximate surface area is 215 Å². The van der Waals surface area contributed by atoms with Crippen molar-refractivity contribution in [1.29, 1.82) is 0 Å². The monoisotopic (exact) mass is 504 g/mol. The number of fused-ring (bicyclic) bond motifs is 1. The maximum absolute atomic E-state index is 14.0. The third-order valence-electron chi connectivity index (χ3n) is 8.25. The highest BCUT2D eigenvalue weighted by Crippen LogP contribution is 2.64. The number of unbranched alkanes of at least 4 members (excludes halogenated alkanes) is 4. The zero-order valence-electron chi connectivity index (χ0n) is 22.1. The van der Waals surface area contributed by atoms with Crippen LogP contribution in [0.15, 0.2) is 25.3 Å². The molecule has 3 fully saturated rings. The third-order valence-corrected chi connectivity index (χ3v) is 8.25. The first-order chi connectivity index (χ1) is 17.4.